The van der Waals surface area contributed by atoms with Gasteiger partial charge in [-0.15, -0.1) is 0 Å². The molecule has 2 aliphatic rings. The molecule has 1 aliphatic heterocycles. The van der Waals surface area contributed by atoms with E-state index in [9.17, 15) is 14.7 Å². The van der Waals surface area contributed by atoms with Crippen LogP contribution in [0.1, 0.15) is 26.7 Å². The van der Waals surface area contributed by atoms with Gasteiger partial charge in [-0.2, -0.15) is 0 Å². The monoisotopic (exact) mass is 211 g/mol. The molecule has 2 amide bonds. The van der Waals surface area contributed by atoms with Crippen LogP contribution in [0.3, 0.4) is 0 Å². The maximum atomic E-state index is 11.6. The lowest BCUT2D eigenvalue weighted by Crippen LogP contribution is -2.39. The van der Waals surface area contributed by atoms with E-state index in [2.05, 4.69) is 0 Å². The van der Waals surface area contributed by atoms with E-state index in [1.54, 1.807) is 0 Å². The average Bonchev–Trinajstić information content (AvgIpc) is 2.85. The molecule has 3 unspecified atom stereocenters. The van der Waals surface area contributed by atoms with Crippen LogP contribution in [-0.2, 0) is 9.59 Å². The van der Waals surface area contributed by atoms with Crippen LogP contribution in [0.5, 0.6) is 0 Å². The summed E-state index contributed by atoms with van der Waals surface area (Å²) in [6.45, 7) is 4.20. The van der Waals surface area contributed by atoms with Crippen LogP contribution in [0, 0.1) is 17.8 Å². The molecule has 4 heteroatoms. The maximum Gasteiger partial charge on any atom is 0.233 e. The second-order valence-electron chi connectivity index (χ2n) is 5.02. The van der Waals surface area contributed by atoms with Crippen molar-refractivity contribution in [1.29, 1.82) is 0 Å². The van der Waals surface area contributed by atoms with Crippen LogP contribution in [0.4, 0.5) is 0 Å². The van der Waals surface area contributed by atoms with Crippen molar-refractivity contribution < 1.29 is 14.7 Å². The number of rotatable bonds is 4. The molecule has 84 valence electrons. The minimum absolute atomic E-state index is 0.0521. The van der Waals surface area contributed by atoms with Gasteiger partial charge in [0.2, 0.25) is 11.8 Å². The summed E-state index contributed by atoms with van der Waals surface area (Å²) in [7, 11) is 0. The smallest absolute Gasteiger partial charge is 0.233 e. The third-order valence-corrected chi connectivity index (χ3v) is 3.09. The van der Waals surface area contributed by atoms with Gasteiger partial charge in [0.05, 0.1) is 24.5 Å². The number of carbonyl (C=O) groups is 2. The summed E-state index contributed by atoms with van der Waals surface area (Å²) in [5.41, 5.74) is 0. The van der Waals surface area contributed by atoms with Crippen molar-refractivity contribution in [2.45, 2.75) is 32.8 Å². The van der Waals surface area contributed by atoms with Crippen LogP contribution in [-0.4, -0.2) is 34.5 Å². The number of carbonyl (C=O) groups excluding carboxylic acids is 2. The molecule has 15 heavy (non-hydrogen) atoms. The zero-order chi connectivity index (χ0) is 11.2. The molecular weight excluding hydrogens is 194 g/mol. The molecule has 2 rings (SSSR count). The Bertz CT molecular complexity index is 280. The Kier molecular flexibility index (Phi) is 2.54. The number of amides is 2. The second kappa shape index (κ2) is 3.59. The molecule has 1 heterocycles. The number of hydrogen-bond donors (Lipinski definition) is 1. The maximum absolute atomic E-state index is 11.6. The Morgan fingerprint density at radius 3 is 2.33 bits per heavy atom. The number of aliphatic hydroxyl groups excluding tert-OH is 1. The van der Waals surface area contributed by atoms with Crippen molar-refractivity contribution in [3.05, 3.63) is 0 Å². The molecule has 0 aromatic rings. The zero-order valence-corrected chi connectivity index (χ0v) is 9.14. The Morgan fingerprint density at radius 1 is 1.33 bits per heavy atom. The van der Waals surface area contributed by atoms with Gasteiger partial charge >= 0.3 is 0 Å². The van der Waals surface area contributed by atoms with E-state index in [0.29, 0.717) is 12.3 Å². The average molecular weight is 211 g/mol. The van der Waals surface area contributed by atoms with Crippen molar-refractivity contribution in [3.8, 4) is 0 Å². The fraction of sp³-hybridized carbons (Fsp3) is 0.818. The van der Waals surface area contributed by atoms with Crippen LogP contribution in [0.15, 0.2) is 0 Å². The first-order valence-electron chi connectivity index (χ1n) is 5.54. The molecule has 2 fully saturated rings. The summed E-state index contributed by atoms with van der Waals surface area (Å²) in [6, 6.07) is 0. The summed E-state index contributed by atoms with van der Waals surface area (Å²) in [5, 5.41) is 9.67. The molecule has 3 atom stereocenters. The van der Waals surface area contributed by atoms with Gasteiger partial charge in [0.25, 0.3) is 0 Å². The largest absolute Gasteiger partial charge is 0.391 e. The van der Waals surface area contributed by atoms with Gasteiger partial charge in [-0.25, -0.2) is 0 Å². The molecule has 0 aromatic carbocycles. The second-order valence-corrected chi connectivity index (χ2v) is 5.02. The van der Waals surface area contributed by atoms with E-state index in [0.717, 1.165) is 6.42 Å². The van der Waals surface area contributed by atoms with E-state index in [-0.39, 0.29) is 30.2 Å². The summed E-state index contributed by atoms with van der Waals surface area (Å²) in [5.74, 6) is 0.121. The summed E-state index contributed by atoms with van der Waals surface area (Å²) in [6.07, 6.45) is 0.788. The van der Waals surface area contributed by atoms with Gasteiger partial charge < -0.3 is 5.11 Å². The number of aliphatic hydroxyl groups is 1. The topological polar surface area (TPSA) is 57.6 Å². The zero-order valence-electron chi connectivity index (χ0n) is 9.14. The quantitative estimate of drug-likeness (QED) is 0.685. The van der Waals surface area contributed by atoms with Crippen LogP contribution < -0.4 is 0 Å². The molecule has 0 bridgehead atoms. The number of fused-ring (bicyclic) bond motifs is 1. The van der Waals surface area contributed by atoms with Gasteiger partial charge in [-0.1, -0.05) is 13.8 Å². The molecule has 1 saturated carbocycles. The molecule has 0 spiro atoms. The van der Waals surface area contributed by atoms with E-state index in [4.69, 9.17) is 0 Å². The Balaban J connectivity index is 1.89. The number of imide groups is 1. The highest BCUT2D eigenvalue weighted by molar-refractivity contribution is 6.08. The predicted molar refractivity (Wildman–Crippen MR) is 53.8 cm³/mol. The number of β-amino-alcohol motifs (C(OH)–C–C–N with tert-alkyl or cyclic N) is 1. The molecule has 4 nitrogen and oxygen atoms in total. The lowest BCUT2D eigenvalue weighted by molar-refractivity contribution is -0.143. The van der Waals surface area contributed by atoms with Gasteiger partial charge in [0.1, 0.15) is 0 Å². The molecular formula is C11H17NO3. The molecule has 1 N–H and O–H groups in total. The minimum Gasteiger partial charge on any atom is -0.391 e. The van der Waals surface area contributed by atoms with Gasteiger partial charge in [-0.3, -0.25) is 14.5 Å². The third-order valence-electron chi connectivity index (χ3n) is 3.09. The Hall–Kier alpha value is -0.900. The fourth-order valence-electron chi connectivity index (χ4n) is 2.26. The van der Waals surface area contributed by atoms with Crippen molar-refractivity contribution in [2.24, 2.45) is 17.8 Å². The number of nitrogens with zero attached hydrogens (tertiary/aromatic N) is 1. The van der Waals surface area contributed by atoms with Gasteiger partial charge in [0, 0.05) is 0 Å². The van der Waals surface area contributed by atoms with Crippen molar-refractivity contribution >= 4 is 11.8 Å². The molecule has 0 radical (unpaired) electrons. The fourth-order valence-corrected chi connectivity index (χ4v) is 2.26. The Labute approximate surface area is 89.3 Å². The molecule has 0 aromatic heterocycles. The highest BCUT2D eigenvalue weighted by atomic mass is 16.3. The number of piperidine rings is 1. The van der Waals surface area contributed by atoms with Crippen molar-refractivity contribution in [1.82, 2.24) is 4.90 Å². The summed E-state index contributed by atoms with van der Waals surface area (Å²) in [4.78, 5) is 24.4. The summed E-state index contributed by atoms with van der Waals surface area (Å²) >= 11 is 0. The summed E-state index contributed by atoms with van der Waals surface area (Å²) < 4.78 is 0. The third kappa shape index (κ3) is 1.91. The van der Waals surface area contributed by atoms with Crippen LogP contribution in [0.2, 0.25) is 0 Å². The van der Waals surface area contributed by atoms with E-state index < -0.39 is 6.10 Å². The molecule has 1 saturated heterocycles. The SMILES string of the molecule is CC(C)CC(O)CN1C(=O)C2CC2C1=O. The first kappa shape index (κ1) is 10.6. The van der Waals surface area contributed by atoms with Crippen LogP contribution in [0.25, 0.3) is 0 Å². The highest BCUT2D eigenvalue weighted by Crippen LogP contribution is 2.46. The van der Waals surface area contributed by atoms with Crippen molar-refractivity contribution in [2.75, 3.05) is 6.54 Å². The lowest BCUT2D eigenvalue weighted by atomic mass is 10.1. The van der Waals surface area contributed by atoms with Crippen LogP contribution >= 0.6 is 0 Å². The number of likely N-dealkylation sites (tertiary alicyclic amines) is 1. The molecule has 1 aliphatic carbocycles. The number of hydrogen-bond acceptors (Lipinski definition) is 3. The predicted octanol–water partition coefficient (Wildman–Crippen LogP) is 0.398. The van der Waals surface area contributed by atoms with Gasteiger partial charge in [-0.05, 0) is 18.8 Å². The highest BCUT2D eigenvalue weighted by Gasteiger charge is 2.58. The first-order chi connectivity index (χ1) is 7.00. The van der Waals surface area contributed by atoms with Crippen molar-refractivity contribution in [3.63, 3.8) is 0 Å². The Morgan fingerprint density at radius 2 is 1.87 bits per heavy atom. The normalized spacial score (nSPS) is 31.1. The van der Waals surface area contributed by atoms with E-state index in [1.165, 1.54) is 4.90 Å². The van der Waals surface area contributed by atoms with E-state index >= 15 is 0 Å². The standard InChI is InChI=1S/C11H17NO3/c1-6(2)3-7(13)5-12-10(14)8-4-9(8)11(12)15/h6-9,13H,3-5H2,1-2H3. The van der Waals surface area contributed by atoms with E-state index in [1.807, 2.05) is 13.8 Å². The first-order valence-corrected chi connectivity index (χ1v) is 5.54. The van der Waals surface area contributed by atoms with Gasteiger partial charge in [0.15, 0.2) is 0 Å². The lowest BCUT2D eigenvalue weighted by Gasteiger charge is -2.21. The minimum atomic E-state index is -0.574.